The quantitative estimate of drug-likeness (QED) is 0.797. The Hall–Kier alpha value is -0.0800. The molecular weight excluding hydrogens is 210 g/mol. The highest BCUT2D eigenvalue weighted by molar-refractivity contribution is 4.97. The first-order valence-electron chi connectivity index (χ1n) is 7.39. The Morgan fingerprint density at radius 3 is 2.35 bits per heavy atom. The Balaban J connectivity index is 1.72. The van der Waals surface area contributed by atoms with Gasteiger partial charge in [0.2, 0.25) is 0 Å². The molecule has 0 aromatic carbocycles. The van der Waals surface area contributed by atoms with Crippen molar-refractivity contribution in [1.82, 2.24) is 4.90 Å². The second-order valence-corrected chi connectivity index (χ2v) is 7.20. The lowest BCUT2D eigenvalue weighted by molar-refractivity contribution is -0.0478. The van der Waals surface area contributed by atoms with E-state index in [4.69, 9.17) is 5.11 Å². The molecule has 2 heteroatoms. The zero-order valence-electron chi connectivity index (χ0n) is 11.7. The van der Waals surface area contributed by atoms with Crippen molar-refractivity contribution in [2.45, 2.75) is 58.8 Å². The Labute approximate surface area is 106 Å². The van der Waals surface area contributed by atoms with E-state index in [2.05, 4.69) is 18.7 Å². The minimum atomic E-state index is 0.341. The number of rotatable bonds is 5. The topological polar surface area (TPSA) is 23.5 Å². The van der Waals surface area contributed by atoms with Crippen LogP contribution < -0.4 is 0 Å². The Kier molecular flexibility index (Phi) is 4.14. The van der Waals surface area contributed by atoms with Gasteiger partial charge in [0.1, 0.15) is 0 Å². The summed E-state index contributed by atoms with van der Waals surface area (Å²) in [5.74, 6) is 0. The first-order chi connectivity index (χ1) is 8.05. The average molecular weight is 239 g/mol. The normalized spacial score (nSPS) is 24.9. The highest BCUT2D eigenvalue weighted by Crippen LogP contribution is 2.44. The second kappa shape index (κ2) is 5.27. The highest BCUT2D eigenvalue weighted by Gasteiger charge is 2.44. The van der Waals surface area contributed by atoms with E-state index >= 15 is 0 Å². The van der Waals surface area contributed by atoms with Gasteiger partial charge in [0, 0.05) is 26.2 Å². The Bertz CT molecular complexity index is 235. The summed E-state index contributed by atoms with van der Waals surface area (Å²) in [7, 11) is 0. The van der Waals surface area contributed by atoms with Gasteiger partial charge in [-0.15, -0.1) is 0 Å². The van der Waals surface area contributed by atoms with Gasteiger partial charge >= 0.3 is 0 Å². The van der Waals surface area contributed by atoms with Crippen molar-refractivity contribution in [1.29, 1.82) is 0 Å². The van der Waals surface area contributed by atoms with Crippen molar-refractivity contribution in [3.63, 3.8) is 0 Å². The van der Waals surface area contributed by atoms with Gasteiger partial charge in [0.15, 0.2) is 0 Å². The fourth-order valence-electron chi connectivity index (χ4n) is 3.87. The SMILES string of the molecule is CC(C)(CCCO)CN1CC2(CCCCC2)C1. The van der Waals surface area contributed by atoms with Gasteiger partial charge in [-0.25, -0.2) is 0 Å². The summed E-state index contributed by atoms with van der Waals surface area (Å²) in [5, 5.41) is 8.92. The molecule has 0 bridgehead atoms. The van der Waals surface area contributed by atoms with Crippen LogP contribution >= 0.6 is 0 Å². The first kappa shape index (κ1) is 13.4. The molecule has 100 valence electrons. The molecule has 1 N–H and O–H groups in total. The molecule has 1 aliphatic carbocycles. The highest BCUT2D eigenvalue weighted by atomic mass is 16.2. The summed E-state index contributed by atoms with van der Waals surface area (Å²) in [4.78, 5) is 2.64. The fourth-order valence-corrected chi connectivity index (χ4v) is 3.87. The van der Waals surface area contributed by atoms with Crippen LogP contribution in [0.3, 0.4) is 0 Å². The monoisotopic (exact) mass is 239 g/mol. The molecule has 2 aliphatic rings. The van der Waals surface area contributed by atoms with E-state index in [1.54, 1.807) is 0 Å². The summed E-state index contributed by atoms with van der Waals surface area (Å²) in [6.07, 6.45) is 9.42. The molecule has 0 radical (unpaired) electrons. The van der Waals surface area contributed by atoms with Gasteiger partial charge in [-0.3, -0.25) is 0 Å². The van der Waals surface area contributed by atoms with E-state index in [-0.39, 0.29) is 0 Å². The lowest BCUT2D eigenvalue weighted by Crippen LogP contribution is -2.58. The number of aliphatic hydroxyl groups excluding tert-OH is 1. The number of nitrogens with zero attached hydrogens (tertiary/aromatic N) is 1. The van der Waals surface area contributed by atoms with Gasteiger partial charge < -0.3 is 10.0 Å². The van der Waals surface area contributed by atoms with Crippen molar-refractivity contribution in [2.24, 2.45) is 10.8 Å². The predicted molar refractivity (Wildman–Crippen MR) is 72.1 cm³/mol. The van der Waals surface area contributed by atoms with Crippen LogP contribution in [0, 0.1) is 10.8 Å². The maximum Gasteiger partial charge on any atom is 0.0431 e. The van der Waals surface area contributed by atoms with Crippen molar-refractivity contribution in [3.8, 4) is 0 Å². The molecule has 0 aromatic heterocycles. The molecule has 2 nitrogen and oxygen atoms in total. The van der Waals surface area contributed by atoms with Crippen LogP contribution in [0.25, 0.3) is 0 Å². The third kappa shape index (κ3) is 3.45. The van der Waals surface area contributed by atoms with Crippen LogP contribution in [0.2, 0.25) is 0 Å². The van der Waals surface area contributed by atoms with Crippen LogP contribution in [-0.4, -0.2) is 36.2 Å². The number of aliphatic hydroxyl groups is 1. The summed E-state index contributed by atoms with van der Waals surface area (Å²) in [6.45, 7) is 8.93. The molecule has 0 unspecified atom stereocenters. The maximum absolute atomic E-state index is 8.92. The van der Waals surface area contributed by atoms with Crippen LogP contribution in [0.15, 0.2) is 0 Å². The van der Waals surface area contributed by atoms with Crippen LogP contribution in [0.5, 0.6) is 0 Å². The third-order valence-corrected chi connectivity index (χ3v) is 4.70. The molecule has 1 saturated carbocycles. The minimum absolute atomic E-state index is 0.341. The summed E-state index contributed by atoms with van der Waals surface area (Å²) in [5.41, 5.74) is 1.09. The van der Waals surface area contributed by atoms with E-state index in [1.807, 2.05) is 0 Å². The van der Waals surface area contributed by atoms with E-state index < -0.39 is 0 Å². The van der Waals surface area contributed by atoms with Gasteiger partial charge in [-0.1, -0.05) is 33.1 Å². The largest absolute Gasteiger partial charge is 0.396 e. The zero-order chi connectivity index (χ0) is 12.4. The summed E-state index contributed by atoms with van der Waals surface area (Å²) in [6, 6.07) is 0. The molecule has 0 atom stereocenters. The van der Waals surface area contributed by atoms with Crippen LogP contribution in [-0.2, 0) is 0 Å². The van der Waals surface area contributed by atoms with Crippen molar-refractivity contribution in [2.75, 3.05) is 26.2 Å². The van der Waals surface area contributed by atoms with Gasteiger partial charge in [-0.2, -0.15) is 0 Å². The van der Waals surface area contributed by atoms with E-state index in [0.717, 1.165) is 12.8 Å². The number of likely N-dealkylation sites (tertiary alicyclic amines) is 1. The van der Waals surface area contributed by atoms with E-state index in [1.165, 1.54) is 51.7 Å². The van der Waals surface area contributed by atoms with Crippen molar-refractivity contribution in [3.05, 3.63) is 0 Å². The lowest BCUT2D eigenvalue weighted by atomic mass is 9.68. The minimum Gasteiger partial charge on any atom is -0.396 e. The summed E-state index contributed by atoms with van der Waals surface area (Å²) < 4.78 is 0. The standard InChI is InChI=1S/C15H29NO/c1-14(2,7-6-10-17)11-16-12-15(13-16)8-4-3-5-9-15/h17H,3-13H2,1-2H3. The number of hydrogen-bond acceptors (Lipinski definition) is 2. The van der Waals surface area contributed by atoms with Crippen LogP contribution in [0.4, 0.5) is 0 Å². The molecular formula is C15H29NO. The zero-order valence-corrected chi connectivity index (χ0v) is 11.7. The average Bonchev–Trinajstić information content (AvgIpc) is 2.25. The lowest BCUT2D eigenvalue weighted by Gasteiger charge is -2.54. The molecule has 1 aliphatic heterocycles. The van der Waals surface area contributed by atoms with Crippen molar-refractivity contribution < 1.29 is 5.11 Å². The summed E-state index contributed by atoms with van der Waals surface area (Å²) >= 11 is 0. The van der Waals surface area contributed by atoms with E-state index in [0.29, 0.717) is 17.4 Å². The fraction of sp³-hybridized carbons (Fsp3) is 1.00. The molecule has 1 saturated heterocycles. The third-order valence-electron chi connectivity index (χ3n) is 4.70. The molecule has 1 spiro atoms. The van der Waals surface area contributed by atoms with Gasteiger partial charge in [0.25, 0.3) is 0 Å². The van der Waals surface area contributed by atoms with Crippen molar-refractivity contribution >= 4 is 0 Å². The first-order valence-corrected chi connectivity index (χ1v) is 7.39. The van der Waals surface area contributed by atoms with Gasteiger partial charge in [0.05, 0.1) is 0 Å². The Morgan fingerprint density at radius 2 is 1.76 bits per heavy atom. The number of hydrogen-bond donors (Lipinski definition) is 1. The second-order valence-electron chi connectivity index (χ2n) is 7.20. The molecule has 2 fully saturated rings. The molecule has 0 amide bonds. The molecule has 17 heavy (non-hydrogen) atoms. The Morgan fingerprint density at radius 1 is 1.12 bits per heavy atom. The van der Waals surface area contributed by atoms with E-state index in [9.17, 15) is 0 Å². The maximum atomic E-state index is 8.92. The molecule has 2 rings (SSSR count). The van der Waals surface area contributed by atoms with Crippen LogP contribution in [0.1, 0.15) is 58.8 Å². The van der Waals surface area contributed by atoms with Gasteiger partial charge in [-0.05, 0) is 36.5 Å². The smallest absolute Gasteiger partial charge is 0.0431 e. The molecule has 0 aromatic rings. The predicted octanol–water partition coefficient (Wildman–Crippen LogP) is 3.05. The molecule has 1 heterocycles.